The second-order valence-electron chi connectivity index (χ2n) is 6.10. The Bertz CT molecular complexity index is 943. The monoisotopic (exact) mass is 416 g/mol. The molecule has 1 amide bonds. The molecular weight excluding hydrogens is 396 g/mol. The van der Waals surface area contributed by atoms with E-state index in [0.717, 1.165) is 26.6 Å². The number of para-hydroxylation sites is 1. The summed E-state index contributed by atoms with van der Waals surface area (Å²) in [5, 5.41) is 0.700. The minimum atomic E-state index is -0.00371. The van der Waals surface area contributed by atoms with E-state index < -0.39 is 0 Å². The van der Waals surface area contributed by atoms with Gasteiger partial charge in [0.2, 0.25) is 5.91 Å². The first kappa shape index (κ1) is 19.0. The maximum Gasteiger partial charge on any atom is 0.239 e. The standard InChI is InChI=1S/C20H20N2O4S2/c1-24-9-8-22(20-21-15-4-2-3-5-18(15)28-20)19(23)13-27-14-6-7-16-17(12-14)26-11-10-25-16/h2-7,12H,8-11,13H2,1H3. The Morgan fingerprint density at radius 1 is 1.21 bits per heavy atom. The Labute approximate surface area is 171 Å². The molecule has 0 saturated heterocycles. The summed E-state index contributed by atoms with van der Waals surface area (Å²) in [7, 11) is 1.63. The number of nitrogens with zero attached hydrogens (tertiary/aromatic N) is 2. The molecule has 0 N–H and O–H groups in total. The molecule has 0 saturated carbocycles. The summed E-state index contributed by atoms with van der Waals surface area (Å²) in [6, 6.07) is 13.6. The molecule has 1 aromatic heterocycles. The van der Waals surface area contributed by atoms with E-state index in [1.54, 1.807) is 12.0 Å². The zero-order valence-corrected chi connectivity index (χ0v) is 17.1. The molecule has 8 heteroatoms. The number of carbonyl (C=O) groups excluding carboxylic acids is 1. The highest BCUT2D eigenvalue weighted by atomic mass is 32.2. The summed E-state index contributed by atoms with van der Waals surface area (Å²) in [5.74, 6) is 1.78. The lowest BCUT2D eigenvalue weighted by atomic mass is 10.3. The van der Waals surface area contributed by atoms with Crippen LogP contribution >= 0.6 is 23.1 Å². The van der Waals surface area contributed by atoms with Gasteiger partial charge < -0.3 is 14.2 Å². The van der Waals surface area contributed by atoms with Crippen LogP contribution in [-0.4, -0.2) is 50.1 Å². The predicted molar refractivity (Wildman–Crippen MR) is 112 cm³/mol. The van der Waals surface area contributed by atoms with Crippen LogP contribution in [0.4, 0.5) is 5.13 Å². The van der Waals surface area contributed by atoms with Crippen molar-refractivity contribution in [3.8, 4) is 11.5 Å². The van der Waals surface area contributed by atoms with E-state index in [-0.39, 0.29) is 5.91 Å². The number of thioether (sulfide) groups is 1. The molecule has 3 aromatic rings. The minimum absolute atomic E-state index is 0.00371. The van der Waals surface area contributed by atoms with Crippen LogP contribution in [0.3, 0.4) is 0 Å². The molecule has 0 bridgehead atoms. The van der Waals surface area contributed by atoms with Crippen LogP contribution in [0.2, 0.25) is 0 Å². The first-order valence-electron chi connectivity index (χ1n) is 8.92. The number of benzene rings is 2. The average Bonchev–Trinajstić information content (AvgIpc) is 3.16. The summed E-state index contributed by atoms with van der Waals surface area (Å²) in [5.41, 5.74) is 0.900. The van der Waals surface area contributed by atoms with Gasteiger partial charge in [0.05, 0.1) is 29.1 Å². The molecule has 28 heavy (non-hydrogen) atoms. The number of aromatic nitrogens is 1. The highest BCUT2D eigenvalue weighted by molar-refractivity contribution is 8.00. The van der Waals surface area contributed by atoms with Crippen molar-refractivity contribution < 1.29 is 19.0 Å². The van der Waals surface area contributed by atoms with Crippen molar-refractivity contribution in [2.45, 2.75) is 4.90 Å². The number of carbonyl (C=O) groups is 1. The van der Waals surface area contributed by atoms with Crippen LogP contribution in [0.15, 0.2) is 47.4 Å². The minimum Gasteiger partial charge on any atom is -0.486 e. The molecule has 0 radical (unpaired) electrons. The number of fused-ring (bicyclic) bond motifs is 2. The highest BCUT2D eigenvalue weighted by Gasteiger charge is 2.20. The summed E-state index contributed by atoms with van der Waals surface area (Å²) in [6.07, 6.45) is 0. The molecule has 0 aliphatic carbocycles. The summed E-state index contributed by atoms with van der Waals surface area (Å²) < 4.78 is 17.4. The molecule has 146 valence electrons. The third-order valence-electron chi connectivity index (χ3n) is 4.21. The highest BCUT2D eigenvalue weighted by Crippen LogP contribution is 2.35. The van der Waals surface area contributed by atoms with Crippen molar-refractivity contribution >= 4 is 44.4 Å². The quantitative estimate of drug-likeness (QED) is 0.546. The van der Waals surface area contributed by atoms with Gasteiger partial charge in [0.1, 0.15) is 13.2 Å². The van der Waals surface area contributed by atoms with Gasteiger partial charge in [-0.2, -0.15) is 0 Å². The maximum absolute atomic E-state index is 12.9. The normalized spacial score (nSPS) is 12.9. The molecule has 6 nitrogen and oxygen atoms in total. The van der Waals surface area contributed by atoms with E-state index in [2.05, 4.69) is 4.98 Å². The van der Waals surface area contributed by atoms with Gasteiger partial charge in [0, 0.05) is 12.0 Å². The van der Waals surface area contributed by atoms with Gasteiger partial charge in [-0.3, -0.25) is 9.69 Å². The third kappa shape index (κ3) is 4.24. The molecule has 1 aliphatic heterocycles. The molecule has 2 aromatic carbocycles. The first-order valence-corrected chi connectivity index (χ1v) is 10.7. The number of amides is 1. The summed E-state index contributed by atoms with van der Waals surface area (Å²) in [4.78, 5) is 20.2. The molecule has 0 atom stereocenters. The van der Waals surface area contributed by atoms with Crippen LogP contribution < -0.4 is 14.4 Å². The number of rotatable bonds is 7. The number of methoxy groups -OCH3 is 1. The molecule has 0 fully saturated rings. The lowest BCUT2D eigenvalue weighted by molar-refractivity contribution is -0.116. The smallest absolute Gasteiger partial charge is 0.239 e. The van der Waals surface area contributed by atoms with Crippen LogP contribution in [0, 0.1) is 0 Å². The molecule has 4 rings (SSSR count). The van der Waals surface area contributed by atoms with Crippen molar-refractivity contribution in [3.63, 3.8) is 0 Å². The van der Waals surface area contributed by atoms with E-state index in [1.165, 1.54) is 23.1 Å². The van der Waals surface area contributed by atoms with Crippen LogP contribution in [0.5, 0.6) is 11.5 Å². The molecule has 2 heterocycles. The van der Waals surface area contributed by atoms with Crippen molar-refractivity contribution in [1.82, 2.24) is 4.98 Å². The fourth-order valence-corrected chi connectivity index (χ4v) is 4.63. The van der Waals surface area contributed by atoms with Gasteiger partial charge in [-0.1, -0.05) is 23.5 Å². The van der Waals surface area contributed by atoms with Gasteiger partial charge in [0.15, 0.2) is 16.6 Å². The number of ether oxygens (including phenoxy) is 3. The number of anilines is 1. The van der Waals surface area contributed by atoms with E-state index in [9.17, 15) is 4.79 Å². The van der Waals surface area contributed by atoms with Crippen LogP contribution in [0.25, 0.3) is 10.2 Å². The van der Waals surface area contributed by atoms with Gasteiger partial charge in [-0.15, -0.1) is 11.8 Å². The Hall–Kier alpha value is -2.29. The Morgan fingerprint density at radius 3 is 2.86 bits per heavy atom. The Kier molecular flexibility index (Phi) is 5.99. The summed E-state index contributed by atoms with van der Waals surface area (Å²) in [6.45, 7) is 2.03. The van der Waals surface area contributed by atoms with E-state index >= 15 is 0 Å². The number of hydrogen-bond acceptors (Lipinski definition) is 7. The predicted octanol–water partition coefficient (Wildman–Crippen LogP) is 3.84. The van der Waals surface area contributed by atoms with E-state index in [0.29, 0.717) is 37.2 Å². The van der Waals surface area contributed by atoms with Crippen molar-refractivity contribution in [2.24, 2.45) is 0 Å². The fourth-order valence-electron chi connectivity index (χ4n) is 2.82. The van der Waals surface area contributed by atoms with Gasteiger partial charge in [0.25, 0.3) is 0 Å². The zero-order chi connectivity index (χ0) is 19.3. The second-order valence-corrected chi connectivity index (χ2v) is 8.15. The van der Waals surface area contributed by atoms with E-state index in [1.807, 2.05) is 42.5 Å². The molecule has 0 spiro atoms. The lowest BCUT2D eigenvalue weighted by Gasteiger charge is -2.20. The zero-order valence-electron chi connectivity index (χ0n) is 15.4. The van der Waals surface area contributed by atoms with Crippen LogP contribution in [0.1, 0.15) is 0 Å². The maximum atomic E-state index is 12.9. The number of thiazole rings is 1. The average molecular weight is 417 g/mol. The Balaban J connectivity index is 1.48. The van der Waals surface area contributed by atoms with Gasteiger partial charge >= 0.3 is 0 Å². The van der Waals surface area contributed by atoms with Crippen molar-refractivity contribution in [1.29, 1.82) is 0 Å². The molecule has 0 unspecified atom stereocenters. The SMILES string of the molecule is COCCN(C(=O)CSc1ccc2c(c1)OCCO2)c1nc2ccccc2s1. The van der Waals surface area contributed by atoms with Crippen molar-refractivity contribution in [2.75, 3.05) is 44.1 Å². The van der Waals surface area contributed by atoms with Gasteiger partial charge in [-0.25, -0.2) is 4.98 Å². The van der Waals surface area contributed by atoms with Crippen LogP contribution in [-0.2, 0) is 9.53 Å². The topological polar surface area (TPSA) is 60.9 Å². The fraction of sp³-hybridized carbons (Fsp3) is 0.300. The largest absolute Gasteiger partial charge is 0.486 e. The Morgan fingerprint density at radius 2 is 2.04 bits per heavy atom. The summed E-state index contributed by atoms with van der Waals surface area (Å²) >= 11 is 2.99. The first-order chi connectivity index (χ1) is 13.7. The molecular formula is C20H20N2O4S2. The third-order valence-corrected chi connectivity index (χ3v) is 6.25. The van der Waals surface area contributed by atoms with E-state index in [4.69, 9.17) is 14.2 Å². The van der Waals surface area contributed by atoms with Crippen molar-refractivity contribution in [3.05, 3.63) is 42.5 Å². The lowest BCUT2D eigenvalue weighted by Crippen LogP contribution is -2.35. The second kappa shape index (κ2) is 8.81. The van der Waals surface area contributed by atoms with Gasteiger partial charge in [-0.05, 0) is 30.3 Å². The molecule has 1 aliphatic rings. The number of hydrogen-bond donors (Lipinski definition) is 0.